The molecule has 4 aromatic rings. The summed E-state index contributed by atoms with van der Waals surface area (Å²) in [7, 11) is 0. The van der Waals surface area contributed by atoms with Crippen LogP contribution >= 0.6 is 11.8 Å². The molecule has 0 saturated carbocycles. The number of aromatic nitrogens is 4. The van der Waals surface area contributed by atoms with E-state index in [1.54, 1.807) is 34.5 Å². The zero-order valence-corrected chi connectivity index (χ0v) is 20.3. The first kappa shape index (κ1) is 23.0. The number of fused-ring (bicyclic) bond motifs is 3. The molecule has 0 fully saturated rings. The van der Waals surface area contributed by atoms with Crippen molar-refractivity contribution in [2.45, 2.75) is 64.0 Å². The van der Waals surface area contributed by atoms with Crippen molar-refractivity contribution in [1.82, 2.24) is 24.5 Å². The summed E-state index contributed by atoms with van der Waals surface area (Å²) in [5, 5.41) is 13.0. The van der Waals surface area contributed by atoms with E-state index in [1.807, 2.05) is 25.2 Å². The van der Waals surface area contributed by atoms with Gasteiger partial charge in [-0.2, -0.15) is 0 Å². The van der Waals surface area contributed by atoms with E-state index in [9.17, 15) is 9.59 Å². The highest BCUT2D eigenvalue weighted by molar-refractivity contribution is 7.98. The predicted molar refractivity (Wildman–Crippen MR) is 133 cm³/mol. The molecule has 1 atom stereocenters. The maximum Gasteiger partial charge on any atom is 0.262 e. The standard InChI is InChI=1S/C25H29N5O2S/c1-5-13-29-23(32)20-12-11-19(22(31)26-17(4)6-2)14-21(20)30-24(29)27-28-25(30)33-15-18-9-7-16(3)8-10-18/h7-12,14,17H,5-6,13,15H2,1-4H3,(H,26,31). The van der Waals surface area contributed by atoms with E-state index in [-0.39, 0.29) is 17.5 Å². The number of hydrogen-bond donors (Lipinski definition) is 1. The van der Waals surface area contributed by atoms with Crippen molar-refractivity contribution in [2.24, 2.45) is 0 Å². The van der Waals surface area contributed by atoms with Crippen LogP contribution in [0.2, 0.25) is 0 Å². The van der Waals surface area contributed by atoms with Crippen molar-refractivity contribution in [3.63, 3.8) is 0 Å². The van der Waals surface area contributed by atoms with Gasteiger partial charge in [0.2, 0.25) is 5.78 Å². The number of nitrogens with one attached hydrogen (secondary N) is 1. The van der Waals surface area contributed by atoms with Crippen molar-refractivity contribution < 1.29 is 4.79 Å². The molecule has 0 aliphatic heterocycles. The molecule has 33 heavy (non-hydrogen) atoms. The molecule has 1 N–H and O–H groups in total. The number of carbonyl (C=O) groups excluding carboxylic acids is 1. The molecule has 7 nitrogen and oxygen atoms in total. The minimum Gasteiger partial charge on any atom is -0.350 e. The molecule has 0 saturated heterocycles. The molecule has 1 unspecified atom stereocenters. The van der Waals surface area contributed by atoms with Gasteiger partial charge in [0.05, 0.1) is 10.9 Å². The normalized spacial score (nSPS) is 12.4. The minimum atomic E-state index is -0.154. The zero-order chi connectivity index (χ0) is 23.5. The number of hydrogen-bond acceptors (Lipinski definition) is 5. The molecule has 172 valence electrons. The van der Waals surface area contributed by atoms with E-state index < -0.39 is 0 Å². The van der Waals surface area contributed by atoms with E-state index >= 15 is 0 Å². The summed E-state index contributed by atoms with van der Waals surface area (Å²) in [5.41, 5.74) is 3.45. The Balaban J connectivity index is 1.83. The quantitative estimate of drug-likeness (QED) is 0.387. The second kappa shape index (κ2) is 9.79. The van der Waals surface area contributed by atoms with Gasteiger partial charge in [-0.15, -0.1) is 10.2 Å². The van der Waals surface area contributed by atoms with E-state index in [2.05, 4.69) is 46.7 Å². The van der Waals surface area contributed by atoms with Crippen LogP contribution in [0.3, 0.4) is 0 Å². The van der Waals surface area contributed by atoms with E-state index in [4.69, 9.17) is 0 Å². The summed E-state index contributed by atoms with van der Waals surface area (Å²) >= 11 is 1.56. The largest absolute Gasteiger partial charge is 0.350 e. The summed E-state index contributed by atoms with van der Waals surface area (Å²) < 4.78 is 3.58. The van der Waals surface area contributed by atoms with Gasteiger partial charge in [-0.05, 0) is 50.5 Å². The Morgan fingerprint density at radius 3 is 2.58 bits per heavy atom. The van der Waals surface area contributed by atoms with Crippen LogP contribution in [-0.2, 0) is 12.3 Å². The Kier molecular flexibility index (Phi) is 6.83. The highest BCUT2D eigenvalue weighted by atomic mass is 32.2. The molecular formula is C25H29N5O2S. The summed E-state index contributed by atoms with van der Waals surface area (Å²) in [6, 6.07) is 13.7. The fraction of sp³-hybridized carbons (Fsp3) is 0.360. The fourth-order valence-electron chi connectivity index (χ4n) is 3.68. The second-order valence-electron chi connectivity index (χ2n) is 8.36. The molecule has 2 aromatic carbocycles. The van der Waals surface area contributed by atoms with Gasteiger partial charge in [-0.1, -0.05) is 55.4 Å². The number of benzene rings is 2. The van der Waals surface area contributed by atoms with Crippen molar-refractivity contribution in [3.05, 3.63) is 69.5 Å². The molecule has 0 aliphatic rings. The zero-order valence-electron chi connectivity index (χ0n) is 19.5. The van der Waals surface area contributed by atoms with Crippen molar-refractivity contribution in [1.29, 1.82) is 0 Å². The molecule has 2 heterocycles. The van der Waals surface area contributed by atoms with E-state index in [1.165, 1.54) is 11.1 Å². The highest BCUT2D eigenvalue weighted by Crippen LogP contribution is 2.25. The van der Waals surface area contributed by atoms with Gasteiger partial charge in [0, 0.05) is 23.9 Å². The third-order valence-corrected chi connectivity index (χ3v) is 6.76. The summed E-state index contributed by atoms with van der Waals surface area (Å²) in [6.45, 7) is 8.64. The van der Waals surface area contributed by atoms with Gasteiger partial charge < -0.3 is 5.32 Å². The van der Waals surface area contributed by atoms with Crippen LogP contribution in [0.5, 0.6) is 0 Å². The molecule has 1 amide bonds. The third-order valence-electron chi connectivity index (χ3n) is 5.76. The molecule has 0 bridgehead atoms. The Bertz CT molecular complexity index is 1360. The SMILES string of the molecule is CCCn1c(=O)c2ccc(C(=O)NC(C)CC)cc2n2c(SCc3ccc(C)cc3)nnc12. The monoisotopic (exact) mass is 463 g/mol. The lowest BCUT2D eigenvalue weighted by Crippen LogP contribution is -2.32. The molecule has 0 aliphatic carbocycles. The van der Waals surface area contributed by atoms with Gasteiger partial charge in [0.15, 0.2) is 5.16 Å². The first-order chi connectivity index (χ1) is 15.9. The smallest absolute Gasteiger partial charge is 0.262 e. The maximum atomic E-state index is 13.2. The van der Waals surface area contributed by atoms with E-state index in [0.29, 0.717) is 33.9 Å². The fourth-order valence-corrected chi connectivity index (χ4v) is 4.58. The average molecular weight is 464 g/mol. The number of nitrogens with zero attached hydrogens (tertiary/aromatic N) is 4. The van der Waals surface area contributed by atoms with Crippen LogP contribution in [0.25, 0.3) is 16.7 Å². The van der Waals surface area contributed by atoms with Gasteiger partial charge in [-0.25, -0.2) is 0 Å². The van der Waals surface area contributed by atoms with Gasteiger partial charge in [0.25, 0.3) is 11.5 Å². The number of thioether (sulfide) groups is 1. The lowest BCUT2D eigenvalue weighted by molar-refractivity contribution is 0.0939. The lowest BCUT2D eigenvalue weighted by Gasteiger charge is -2.14. The molecule has 4 rings (SSSR count). The van der Waals surface area contributed by atoms with Crippen LogP contribution < -0.4 is 10.9 Å². The highest BCUT2D eigenvalue weighted by Gasteiger charge is 2.19. The first-order valence-corrected chi connectivity index (χ1v) is 12.3. The van der Waals surface area contributed by atoms with Crippen LogP contribution in [0.4, 0.5) is 0 Å². The van der Waals surface area contributed by atoms with Crippen LogP contribution in [-0.4, -0.2) is 31.1 Å². The summed E-state index contributed by atoms with van der Waals surface area (Å²) in [5.74, 6) is 1.07. The van der Waals surface area contributed by atoms with E-state index in [0.717, 1.165) is 18.6 Å². The average Bonchev–Trinajstić information content (AvgIpc) is 3.25. The Morgan fingerprint density at radius 1 is 1.12 bits per heavy atom. The van der Waals surface area contributed by atoms with Gasteiger partial charge in [-0.3, -0.25) is 18.6 Å². The van der Waals surface area contributed by atoms with Crippen molar-refractivity contribution in [3.8, 4) is 0 Å². The number of aryl methyl sites for hydroxylation is 2. The minimum absolute atomic E-state index is 0.0707. The molecule has 8 heteroatoms. The van der Waals surface area contributed by atoms with Crippen LogP contribution in [0, 0.1) is 6.92 Å². The third kappa shape index (κ3) is 4.66. The summed E-state index contributed by atoms with van der Waals surface area (Å²) in [4.78, 5) is 26.0. The van der Waals surface area contributed by atoms with Crippen molar-refractivity contribution >= 4 is 34.3 Å². The van der Waals surface area contributed by atoms with Crippen LogP contribution in [0.1, 0.15) is 55.1 Å². The topological polar surface area (TPSA) is 81.3 Å². The maximum absolute atomic E-state index is 13.2. The van der Waals surface area contributed by atoms with Crippen LogP contribution in [0.15, 0.2) is 52.4 Å². The molecular weight excluding hydrogens is 434 g/mol. The predicted octanol–water partition coefficient (Wildman–Crippen LogP) is 4.58. The molecule has 0 spiro atoms. The Labute approximate surface area is 197 Å². The Morgan fingerprint density at radius 2 is 1.88 bits per heavy atom. The van der Waals surface area contributed by atoms with Gasteiger partial charge in [0.1, 0.15) is 0 Å². The second-order valence-corrected chi connectivity index (χ2v) is 9.31. The Hall–Kier alpha value is -3.13. The lowest BCUT2D eigenvalue weighted by atomic mass is 10.1. The molecule has 2 aromatic heterocycles. The number of rotatable bonds is 8. The van der Waals surface area contributed by atoms with Gasteiger partial charge >= 0.3 is 0 Å². The number of carbonyl (C=O) groups is 1. The molecule has 0 radical (unpaired) electrons. The number of amides is 1. The van der Waals surface area contributed by atoms with Crippen molar-refractivity contribution in [2.75, 3.05) is 0 Å². The first-order valence-electron chi connectivity index (χ1n) is 11.3. The summed E-state index contributed by atoms with van der Waals surface area (Å²) in [6.07, 6.45) is 1.64.